The number of para-hydroxylation sites is 1. The highest BCUT2D eigenvalue weighted by molar-refractivity contribution is 5.95. The third-order valence-electron chi connectivity index (χ3n) is 3.72. The van der Waals surface area contributed by atoms with Crippen LogP contribution in [0.25, 0.3) is 0 Å². The molecular weight excluding hydrogens is 373 g/mol. The maximum atomic E-state index is 12.9. The second-order valence-corrected chi connectivity index (χ2v) is 5.86. The monoisotopic (exact) mass is 388 g/mol. The molecule has 28 heavy (non-hydrogen) atoms. The normalized spacial score (nSPS) is 11.1. The van der Waals surface area contributed by atoms with Crippen molar-refractivity contribution < 1.29 is 23.1 Å². The van der Waals surface area contributed by atoms with Gasteiger partial charge in [-0.15, -0.1) is 0 Å². The topological polar surface area (TPSA) is 87.1 Å². The lowest BCUT2D eigenvalue weighted by molar-refractivity contribution is -0.137. The van der Waals surface area contributed by atoms with E-state index in [0.717, 1.165) is 12.1 Å². The molecular formula is C19H15F3N4O2. The first kappa shape index (κ1) is 19.2. The van der Waals surface area contributed by atoms with Crippen molar-refractivity contribution >= 4 is 29.0 Å². The Bertz CT molecular complexity index is 1020. The lowest BCUT2D eigenvalue weighted by atomic mass is 10.2. The molecule has 1 aromatic heterocycles. The largest absolute Gasteiger partial charge is 0.478 e. The molecule has 0 spiro atoms. The number of hydrogen-bond acceptors (Lipinski definition) is 5. The van der Waals surface area contributed by atoms with Gasteiger partial charge in [-0.2, -0.15) is 13.2 Å². The maximum Gasteiger partial charge on any atom is 0.416 e. The molecule has 0 atom stereocenters. The Labute approximate surface area is 158 Å². The molecule has 1 heterocycles. The molecule has 0 unspecified atom stereocenters. The van der Waals surface area contributed by atoms with E-state index in [1.165, 1.54) is 24.3 Å². The fraction of sp³-hybridized carbons (Fsp3) is 0.105. The first-order valence-electron chi connectivity index (χ1n) is 8.12. The smallest absolute Gasteiger partial charge is 0.416 e. The molecule has 6 nitrogen and oxygen atoms in total. The summed E-state index contributed by atoms with van der Waals surface area (Å²) in [6, 6.07) is 12.5. The van der Waals surface area contributed by atoms with Gasteiger partial charge in [0, 0.05) is 11.8 Å². The van der Waals surface area contributed by atoms with Crippen LogP contribution < -0.4 is 10.6 Å². The SMILES string of the molecule is Cc1nc(Nc2cccc(C(F)(F)F)c2)cc(Nc2ccccc2C(=O)O)n1. The third kappa shape index (κ3) is 4.56. The summed E-state index contributed by atoms with van der Waals surface area (Å²) in [7, 11) is 0. The number of carboxylic acid groups (broad SMARTS) is 1. The summed E-state index contributed by atoms with van der Waals surface area (Å²) in [5.41, 5.74) is -0.175. The van der Waals surface area contributed by atoms with E-state index in [-0.39, 0.29) is 17.1 Å². The van der Waals surface area contributed by atoms with E-state index in [0.29, 0.717) is 17.3 Å². The second kappa shape index (κ2) is 7.55. The molecule has 0 aliphatic carbocycles. The predicted molar refractivity (Wildman–Crippen MR) is 98.2 cm³/mol. The van der Waals surface area contributed by atoms with E-state index in [2.05, 4.69) is 20.6 Å². The number of nitrogens with one attached hydrogen (secondary N) is 2. The van der Waals surface area contributed by atoms with Crippen LogP contribution in [0, 0.1) is 6.92 Å². The zero-order valence-corrected chi connectivity index (χ0v) is 14.6. The average molecular weight is 388 g/mol. The molecule has 3 aromatic rings. The molecule has 0 saturated heterocycles. The lowest BCUT2D eigenvalue weighted by Crippen LogP contribution is -2.07. The number of aromatic nitrogens is 2. The van der Waals surface area contributed by atoms with Crippen molar-refractivity contribution in [1.29, 1.82) is 0 Å². The number of nitrogens with zero attached hydrogens (tertiary/aromatic N) is 2. The van der Waals surface area contributed by atoms with Gasteiger partial charge in [0.25, 0.3) is 0 Å². The van der Waals surface area contributed by atoms with Crippen molar-refractivity contribution in [3.8, 4) is 0 Å². The third-order valence-corrected chi connectivity index (χ3v) is 3.72. The molecule has 0 aliphatic heterocycles. The van der Waals surface area contributed by atoms with Crippen LogP contribution in [0.5, 0.6) is 0 Å². The summed E-state index contributed by atoms with van der Waals surface area (Å²) in [6.45, 7) is 1.62. The number of benzene rings is 2. The number of hydrogen-bond donors (Lipinski definition) is 3. The first-order valence-corrected chi connectivity index (χ1v) is 8.12. The molecule has 144 valence electrons. The van der Waals surface area contributed by atoms with Gasteiger partial charge in [0.2, 0.25) is 0 Å². The molecule has 0 radical (unpaired) electrons. The predicted octanol–water partition coefficient (Wildman–Crippen LogP) is 4.99. The van der Waals surface area contributed by atoms with Crippen molar-refractivity contribution in [1.82, 2.24) is 9.97 Å². The van der Waals surface area contributed by atoms with E-state index < -0.39 is 17.7 Å². The van der Waals surface area contributed by atoms with Crippen LogP contribution in [0.2, 0.25) is 0 Å². The van der Waals surface area contributed by atoms with Crippen LogP contribution in [-0.2, 0) is 6.18 Å². The highest BCUT2D eigenvalue weighted by Crippen LogP contribution is 2.31. The zero-order valence-electron chi connectivity index (χ0n) is 14.6. The minimum absolute atomic E-state index is 0.0613. The van der Waals surface area contributed by atoms with Gasteiger partial charge < -0.3 is 15.7 Å². The van der Waals surface area contributed by atoms with E-state index in [1.807, 2.05) is 0 Å². The van der Waals surface area contributed by atoms with Gasteiger partial charge in [0.05, 0.1) is 16.8 Å². The zero-order chi connectivity index (χ0) is 20.3. The molecule has 0 aliphatic rings. The lowest BCUT2D eigenvalue weighted by Gasteiger charge is -2.13. The maximum absolute atomic E-state index is 12.9. The van der Waals surface area contributed by atoms with Crippen molar-refractivity contribution in [2.24, 2.45) is 0 Å². The number of alkyl halides is 3. The van der Waals surface area contributed by atoms with Crippen molar-refractivity contribution in [2.45, 2.75) is 13.1 Å². The summed E-state index contributed by atoms with van der Waals surface area (Å²) in [5.74, 6) is -0.179. The minimum atomic E-state index is -4.45. The fourth-order valence-electron chi connectivity index (χ4n) is 2.53. The van der Waals surface area contributed by atoms with Gasteiger partial charge >= 0.3 is 12.1 Å². The minimum Gasteiger partial charge on any atom is -0.478 e. The van der Waals surface area contributed by atoms with Gasteiger partial charge in [-0.05, 0) is 37.3 Å². The summed E-state index contributed by atoms with van der Waals surface area (Å²) < 4.78 is 38.6. The molecule has 0 saturated carbocycles. The van der Waals surface area contributed by atoms with Crippen LogP contribution in [-0.4, -0.2) is 21.0 Å². The number of halogens is 3. The number of rotatable bonds is 5. The molecule has 2 aromatic carbocycles. The van der Waals surface area contributed by atoms with Crippen molar-refractivity contribution in [3.63, 3.8) is 0 Å². The number of carbonyl (C=O) groups is 1. The van der Waals surface area contributed by atoms with Gasteiger partial charge in [-0.25, -0.2) is 14.8 Å². The van der Waals surface area contributed by atoms with Crippen LogP contribution in [0.1, 0.15) is 21.7 Å². The molecule has 3 rings (SSSR count). The van der Waals surface area contributed by atoms with Gasteiger partial charge in [-0.1, -0.05) is 18.2 Å². The fourth-order valence-corrected chi connectivity index (χ4v) is 2.53. The molecule has 0 bridgehead atoms. The van der Waals surface area contributed by atoms with Crippen LogP contribution in [0.15, 0.2) is 54.6 Å². The molecule has 3 N–H and O–H groups in total. The van der Waals surface area contributed by atoms with Gasteiger partial charge in [-0.3, -0.25) is 0 Å². The van der Waals surface area contributed by atoms with Crippen LogP contribution >= 0.6 is 0 Å². The number of aromatic carboxylic acids is 1. The Morgan fingerprint density at radius 1 is 0.964 bits per heavy atom. The summed E-state index contributed by atoms with van der Waals surface area (Å²) in [6.07, 6.45) is -4.45. The quantitative estimate of drug-likeness (QED) is 0.571. The summed E-state index contributed by atoms with van der Waals surface area (Å²) in [5, 5.41) is 15.0. The summed E-state index contributed by atoms with van der Waals surface area (Å²) in [4.78, 5) is 19.7. The summed E-state index contributed by atoms with van der Waals surface area (Å²) >= 11 is 0. The standard InChI is InChI=1S/C19H15F3N4O2/c1-11-23-16(25-13-6-4-5-12(9-13)19(20,21)22)10-17(24-11)26-15-8-3-2-7-14(15)18(27)28/h2-10H,1H3,(H,27,28)(H2,23,24,25,26). The van der Waals surface area contributed by atoms with Gasteiger partial charge in [0.1, 0.15) is 17.5 Å². The van der Waals surface area contributed by atoms with Crippen molar-refractivity contribution in [3.05, 3.63) is 71.5 Å². The Hall–Kier alpha value is -3.62. The van der Waals surface area contributed by atoms with E-state index >= 15 is 0 Å². The van der Waals surface area contributed by atoms with Gasteiger partial charge in [0.15, 0.2) is 0 Å². The Morgan fingerprint density at radius 3 is 2.32 bits per heavy atom. The van der Waals surface area contributed by atoms with E-state index in [1.54, 1.807) is 25.1 Å². The number of anilines is 4. The Balaban J connectivity index is 1.88. The number of carboxylic acids is 1. The number of aryl methyl sites for hydroxylation is 1. The highest BCUT2D eigenvalue weighted by atomic mass is 19.4. The average Bonchev–Trinajstić information content (AvgIpc) is 2.61. The Morgan fingerprint density at radius 2 is 1.64 bits per heavy atom. The Kier molecular flexibility index (Phi) is 5.16. The van der Waals surface area contributed by atoms with Crippen LogP contribution in [0.3, 0.4) is 0 Å². The molecule has 9 heteroatoms. The van der Waals surface area contributed by atoms with Crippen molar-refractivity contribution in [2.75, 3.05) is 10.6 Å². The van der Waals surface area contributed by atoms with E-state index in [4.69, 9.17) is 0 Å². The first-order chi connectivity index (χ1) is 13.2. The second-order valence-electron chi connectivity index (χ2n) is 5.86. The molecule has 0 amide bonds. The molecule has 0 fully saturated rings. The highest BCUT2D eigenvalue weighted by Gasteiger charge is 2.30. The van der Waals surface area contributed by atoms with E-state index in [9.17, 15) is 23.1 Å². The van der Waals surface area contributed by atoms with Crippen LogP contribution in [0.4, 0.5) is 36.2 Å².